The van der Waals surface area contributed by atoms with Crippen LogP contribution in [0.2, 0.25) is 0 Å². The van der Waals surface area contributed by atoms with E-state index in [-0.39, 0.29) is 0 Å². The number of nitrogens with zero attached hydrogens (tertiary/aromatic N) is 2. The number of fused-ring (bicyclic) bond motifs is 1. The van der Waals surface area contributed by atoms with Crippen LogP contribution in [0.5, 0.6) is 5.75 Å². The van der Waals surface area contributed by atoms with Crippen LogP contribution in [-0.4, -0.2) is 29.5 Å². The number of ether oxygens (including phenoxy) is 1. The third-order valence-electron chi connectivity index (χ3n) is 2.65. The molecule has 0 fully saturated rings. The molecule has 0 aliphatic carbocycles. The minimum atomic E-state index is 0.514. The number of benzene rings is 1. The summed E-state index contributed by atoms with van der Waals surface area (Å²) in [4.78, 5) is 4.37. The van der Waals surface area contributed by atoms with Crippen LogP contribution in [-0.2, 0) is 5.75 Å². The van der Waals surface area contributed by atoms with Crippen LogP contribution in [0, 0.1) is 0 Å². The number of hydrogen-bond acceptors (Lipinski definition) is 6. The van der Waals surface area contributed by atoms with Gasteiger partial charge in [0, 0.05) is 6.54 Å². The molecule has 1 aromatic carbocycles. The summed E-state index contributed by atoms with van der Waals surface area (Å²) in [6, 6.07) is 5.87. The summed E-state index contributed by atoms with van der Waals surface area (Å²) >= 11 is 1.66. The lowest BCUT2D eigenvalue weighted by Crippen LogP contribution is -2.18. The molecule has 2 heterocycles. The largest absolute Gasteiger partial charge is 0.489 e. The second-order valence-electron chi connectivity index (χ2n) is 3.91. The van der Waals surface area contributed by atoms with Crippen LogP contribution in [0.4, 0.5) is 5.69 Å². The van der Waals surface area contributed by atoms with Crippen molar-refractivity contribution in [1.29, 1.82) is 0 Å². The first-order chi connectivity index (χ1) is 8.88. The van der Waals surface area contributed by atoms with E-state index in [1.807, 2.05) is 24.5 Å². The first-order valence-electron chi connectivity index (χ1n) is 5.70. The highest BCUT2D eigenvalue weighted by Crippen LogP contribution is 2.37. The van der Waals surface area contributed by atoms with Crippen LogP contribution in [0.3, 0.4) is 0 Å². The maximum absolute atomic E-state index is 5.68. The molecule has 0 spiro atoms. The van der Waals surface area contributed by atoms with Crippen molar-refractivity contribution >= 4 is 17.4 Å². The van der Waals surface area contributed by atoms with Gasteiger partial charge < -0.3 is 14.6 Å². The van der Waals surface area contributed by atoms with E-state index in [1.165, 1.54) is 0 Å². The second-order valence-corrected chi connectivity index (χ2v) is 4.77. The summed E-state index contributed by atoms with van der Waals surface area (Å²) in [6.45, 7) is 1.47. The van der Waals surface area contributed by atoms with Crippen molar-refractivity contribution in [2.45, 2.75) is 5.75 Å². The van der Waals surface area contributed by atoms with E-state index in [4.69, 9.17) is 9.26 Å². The van der Waals surface area contributed by atoms with Crippen molar-refractivity contribution in [3.05, 3.63) is 24.0 Å². The Kier molecular flexibility index (Phi) is 3.10. The molecule has 0 atom stereocenters. The highest BCUT2D eigenvalue weighted by Gasteiger charge is 2.19. The third-order valence-corrected chi connectivity index (χ3v) is 3.20. The lowest BCUT2D eigenvalue weighted by molar-refractivity contribution is 0.322. The summed E-state index contributed by atoms with van der Waals surface area (Å²) in [5.41, 5.74) is 1.82. The lowest BCUT2D eigenvalue weighted by Gasteiger charge is -2.20. The fourth-order valence-corrected chi connectivity index (χ4v) is 2.27. The molecule has 5 nitrogen and oxygen atoms in total. The number of rotatable bonds is 3. The van der Waals surface area contributed by atoms with E-state index in [0.29, 0.717) is 18.3 Å². The topological polar surface area (TPSA) is 60.2 Å². The zero-order chi connectivity index (χ0) is 12.4. The van der Waals surface area contributed by atoms with Gasteiger partial charge in [-0.05, 0) is 18.4 Å². The normalized spacial score (nSPS) is 13.6. The quantitative estimate of drug-likeness (QED) is 0.917. The number of thioether (sulfide) groups is 1. The van der Waals surface area contributed by atoms with Crippen LogP contribution >= 0.6 is 11.8 Å². The smallest absolute Gasteiger partial charge is 0.261 e. The van der Waals surface area contributed by atoms with Gasteiger partial charge in [-0.3, -0.25) is 0 Å². The highest BCUT2D eigenvalue weighted by atomic mass is 32.2. The third kappa shape index (κ3) is 2.03. The van der Waals surface area contributed by atoms with Crippen molar-refractivity contribution in [3.8, 4) is 17.2 Å². The molecule has 1 N–H and O–H groups in total. The van der Waals surface area contributed by atoms with Crippen LogP contribution in [0.15, 0.2) is 22.7 Å². The van der Waals surface area contributed by atoms with Gasteiger partial charge in [0.05, 0.1) is 17.0 Å². The first-order valence-corrected chi connectivity index (χ1v) is 7.09. The van der Waals surface area contributed by atoms with E-state index < -0.39 is 0 Å². The Morgan fingerprint density at radius 2 is 2.39 bits per heavy atom. The molecule has 18 heavy (non-hydrogen) atoms. The van der Waals surface area contributed by atoms with Gasteiger partial charge >= 0.3 is 0 Å². The number of nitrogens with one attached hydrogen (secondary N) is 1. The fourth-order valence-electron chi connectivity index (χ4n) is 1.89. The summed E-state index contributed by atoms with van der Waals surface area (Å²) in [5, 5.41) is 7.23. The van der Waals surface area contributed by atoms with Crippen molar-refractivity contribution in [2.24, 2.45) is 0 Å². The molecule has 2 aromatic rings. The molecule has 1 aliphatic heterocycles. The zero-order valence-corrected chi connectivity index (χ0v) is 10.8. The molecule has 3 rings (SSSR count). The van der Waals surface area contributed by atoms with E-state index in [9.17, 15) is 0 Å². The monoisotopic (exact) mass is 263 g/mol. The number of para-hydroxylation sites is 1. The van der Waals surface area contributed by atoms with Gasteiger partial charge in [0.2, 0.25) is 0 Å². The first kappa shape index (κ1) is 11.4. The standard InChI is InChI=1S/C12H13N3O2S/c1-18-7-10-14-12(17-15-10)8-3-2-4-9-11(8)16-6-5-13-9/h2-4,13H,5-7H2,1H3. The van der Waals surface area contributed by atoms with Gasteiger partial charge in [0.15, 0.2) is 11.6 Å². The Morgan fingerprint density at radius 3 is 3.28 bits per heavy atom. The molecule has 6 heteroatoms. The second kappa shape index (κ2) is 4.89. The van der Waals surface area contributed by atoms with E-state index in [2.05, 4.69) is 15.5 Å². The number of aromatic nitrogens is 2. The van der Waals surface area contributed by atoms with Gasteiger partial charge in [0.25, 0.3) is 5.89 Å². The van der Waals surface area contributed by atoms with Crippen LogP contribution in [0.25, 0.3) is 11.5 Å². The summed E-state index contributed by atoms with van der Waals surface area (Å²) < 4.78 is 11.0. The van der Waals surface area contributed by atoms with E-state index in [1.54, 1.807) is 11.8 Å². The van der Waals surface area contributed by atoms with E-state index >= 15 is 0 Å². The molecular weight excluding hydrogens is 250 g/mol. The predicted molar refractivity (Wildman–Crippen MR) is 70.9 cm³/mol. The van der Waals surface area contributed by atoms with E-state index in [0.717, 1.165) is 29.3 Å². The van der Waals surface area contributed by atoms with Crippen molar-refractivity contribution in [1.82, 2.24) is 10.1 Å². The average molecular weight is 263 g/mol. The number of anilines is 1. The predicted octanol–water partition coefficient (Wildman–Crippen LogP) is 2.40. The Bertz CT molecular complexity index is 556. The van der Waals surface area contributed by atoms with Crippen molar-refractivity contribution in [3.63, 3.8) is 0 Å². The molecule has 0 radical (unpaired) electrons. The van der Waals surface area contributed by atoms with Crippen LogP contribution in [0.1, 0.15) is 5.82 Å². The fraction of sp³-hybridized carbons (Fsp3) is 0.333. The average Bonchev–Trinajstić information content (AvgIpc) is 2.87. The minimum absolute atomic E-state index is 0.514. The lowest BCUT2D eigenvalue weighted by atomic mass is 10.1. The van der Waals surface area contributed by atoms with Gasteiger partial charge in [-0.1, -0.05) is 11.2 Å². The Balaban J connectivity index is 2.00. The van der Waals surface area contributed by atoms with Gasteiger partial charge in [-0.2, -0.15) is 16.7 Å². The Hall–Kier alpha value is -1.69. The summed E-state index contributed by atoms with van der Waals surface area (Å²) in [6.07, 6.45) is 2.01. The van der Waals surface area contributed by atoms with Gasteiger partial charge in [-0.25, -0.2) is 0 Å². The molecule has 94 valence electrons. The van der Waals surface area contributed by atoms with Gasteiger partial charge in [0.1, 0.15) is 6.61 Å². The summed E-state index contributed by atoms with van der Waals surface area (Å²) in [5.74, 6) is 2.76. The maximum Gasteiger partial charge on any atom is 0.261 e. The molecule has 1 aliphatic rings. The molecule has 0 amide bonds. The molecular formula is C12H13N3O2S. The molecule has 0 unspecified atom stereocenters. The molecule has 0 saturated carbocycles. The maximum atomic E-state index is 5.68. The zero-order valence-electron chi connectivity index (χ0n) is 9.97. The molecule has 1 aromatic heterocycles. The SMILES string of the molecule is CSCc1noc(-c2cccc3c2OCCN3)n1. The molecule has 0 saturated heterocycles. The Morgan fingerprint density at radius 1 is 1.44 bits per heavy atom. The highest BCUT2D eigenvalue weighted by molar-refractivity contribution is 7.97. The van der Waals surface area contributed by atoms with Crippen LogP contribution < -0.4 is 10.1 Å². The minimum Gasteiger partial charge on any atom is -0.489 e. The Labute approximate surface area is 109 Å². The summed E-state index contributed by atoms with van der Waals surface area (Å²) in [7, 11) is 0. The van der Waals surface area contributed by atoms with Gasteiger partial charge in [-0.15, -0.1) is 0 Å². The van der Waals surface area contributed by atoms with Crippen molar-refractivity contribution < 1.29 is 9.26 Å². The van der Waals surface area contributed by atoms with Crippen molar-refractivity contribution in [2.75, 3.05) is 24.7 Å². The number of hydrogen-bond donors (Lipinski definition) is 1. The molecule has 0 bridgehead atoms.